The highest BCUT2D eigenvalue weighted by molar-refractivity contribution is 6.31. The van der Waals surface area contributed by atoms with Crippen LogP contribution in [0, 0.1) is 0 Å². The zero-order chi connectivity index (χ0) is 29.4. The molecule has 2 heterocycles. The molecule has 7 N–H and O–H groups in total. The average Bonchev–Trinajstić information content (AvgIpc) is 2.96. The molecule has 226 valence electrons. The number of carbonyl (C=O) groups excluding carboxylic acids is 2. The number of carbonyl (C=O) groups is 2. The van der Waals surface area contributed by atoms with Gasteiger partial charge in [0, 0.05) is 18.4 Å². The van der Waals surface area contributed by atoms with Crippen molar-refractivity contribution in [2.24, 2.45) is 5.73 Å². The number of methoxy groups -OCH3 is 1. The average molecular weight is 617 g/mol. The van der Waals surface area contributed by atoms with E-state index in [4.69, 9.17) is 33.5 Å². The normalized spacial score (nSPS) is 18.1. The molecule has 10 nitrogen and oxygen atoms in total. The molecule has 0 aliphatic carbocycles. The van der Waals surface area contributed by atoms with Crippen molar-refractivity contribution in [3.05, 3.63) is 76.1 Å². The molecule has 0 saturated carbocycles. The number of nitrogens with zero attached hydrogens (tertiary/aromatic N) is 3. The van der Waals surface area contributed by atoms with E-state index in [9.17, 15) is 9.59 Å². The number of likely N-dealkylation sites (tertiary alicyclic amines) is 1. The molecular weight excluding hydrogens is 577 g/mol. The smallest absolute Gasteiger partial charge is 0.274 e. The molecular formula is C30H39Cl2N7O3. The van der Waals surface area contributed by atoms with E-state index in [0.29, 0.717) is 5.56 Å². The summed E-state index contributed by atoms with van der Waals surface area (Å²) in [5.74, 6) is -0.00979. The van der Waals surface area contributed by atoms with Crippen molar-refractivity contribution in [1.29, 1.82) is 0 Å². The maximum absolute atomic E-state index is 13.1. The molecule has 2 aromatic carbocycles. The molecule has 4 rings (SSSR count). The number of aryl methyl sites for hydroxylation is 2. The predicted octanol–water partition coefficient (Wildman–Crippen LogP) is 0.381. The number of anilines is 2. The number of ether oxygens (including phenoxy) is 1. The molecule has 1 aliphatic rings. The topological polar surface area (TPSA) is 159 Å². The Morgan fingerprint density at radius 1 is 0.976 bits per heavy atom. The van der Waals surface area contributed by atoms with Gasteiger partial charge < -0.3 is 44.1 Å². The first-order valence-electron chi connectivity index (χ1n) is 13.9. The van der Waals surface area contributed by atoms with Gasteiger partial charge in [0.1, 0.15) is 5.75 Å². The van der Waals surface area contributed by atoms with Crippen molar-refractivity contribution in [2.75, 3.05) is 44.8 Å². The Balaban J connectivity index is 0.00000484. The van der Waals surface area contributed by atoms with Gasteiger partial charge in [-0.25, -0.2) is 9.97 Å². The van der Waals surface area contributed by atoms with Crippen molar-refractivity contribution >= 4 is 35.1 Å². The van der Waals surface area contributed by atoms with Crippen LogP contribution in [-0.4, -0.2) is 65.6 Å². The van der Waals surface area contributed by atoms with Gasteiger partial charge in [-0.15, -0.1) is 0 Å². The highest BCUT2D eigenvalue weighted by Crippen LogP contribution is 2.24. The Kier molecular flexibility index (Phi) is 11.8. The Bertz CT molecular complexity index is 1360. The van der Waals surface area contributed by atoms with Crippen LogP contribution in [0.5, 0.6) is 5.75 Å². The van der Waals surface area contributed by atoms with Crippen LogP contribution in [0.2, 0.25) is 5.15 Å². The third kappa shape index (κ3) is 8.70. The van der Waals surface area contributed by atoms with Crippen LogP contribution >= 0.6 is 11.6 Å². The first-order valence-corrected chi connectivity index (χ1v) is 14.3. The molecule has 0 bridgehead atoms. The summed E-state index contributed by atoms with van der Waals surface area (Å²) in [6.45, 7) is 3.83. The Labute approximate surface area is 258 Å². The summed E-state index contributed by atoms with van der Waals surface area (Å²) in [5.41, 5.74) is 19.9. The molecule has 1 aromatic heterocycles. The molecule has 2 amide bonds. The van der Waals surface area contributed by atoms with Gasteiger partial charge in [0.25, 0.3) is 5.91 Å². The van der Waals surface area contributed by atoms with Gasteiger partial charge in [-0.1, -0.05) is 35.9 Å². The van der Waals surface area contributed by atoms with E-state index in [1.54, 1.807) is 19.2 Å². The first-order chi connectivity index (χ1) is 19.7. The minimum absolute atomic E-state index is 0. The number of nitrogens with one attached hydrogen (secondary N) is 1. The monoisotopic (exact) mass is 615 g/mol. The van der Waals surface area contributed by atoms with Crippen LogP contribution < -0.4 is 39.7 Å². The number of halogens is 2. The summed E-state index contributed by atoms with van der Waals surface area (Å²) >= 11 is 6.01. The number of piperidine rings is 1. The number of nitrogen functional groups attached to an aromatic ring is 2. The number of amides is 2. The second kappa shape index (κ2) is 15.0. The Morgan fingerprint density at radius 3 is 2.14 bits per heavy atom. The number of hydrogen-bond acceptors (Lipinski definition) is 7. The van der Waals surface area contributed by atoms with Gasteiger partial charge >= 0.3 is 0 Å². The minimum Gasteiger partial charge on any atom is -1.00 e. The zero-order valence-electron chi connectivity index (χ0n) is 23.8. The van der Waals surface area contributed by atoms with Crippen LogP contribution in [0.15, 0.2) is 48.5 Å². The van der Waals surface area contributed by atoms with E-state index in [1.807, 2.05) is 24.3 Å². The van der Waals surface area contributed by atoms with Gasteiger partial charge in [0.15, 0.2) is 22.5 Å². The molecule has 3 aromatic rings. The zero-order valence-corrected chi connectivity index (χ0v) is 25.3. The van der Waals surface area contributed by atoms with Gasteiger partial charge in [0.05, 0.1) is 39.3 Å². The van der Waals surface area contributed by atoms with Crippen molar-refractivity contribution < 1.29 is 31.2 Å². The lowest BCUT2D eigenvalue weighted by atomic mass is 9.99. The van der Waals surface area contributed by atoms with Gasteiger partial charge in [-0.3, -0.25) is 9.59 Å². The molecule has 2 atom stereocenters. The quantitative estimate of drug-likeness (QED) is 0.214. The number of hydrogen-bond donors (Lipinski definition) is 4. The predicted molar refractivity (Wildman–Crippen MR) is 161 cm³/mol. The van der Waals surface area contributed by atoms with Crippen molar-refractivity contribution in [2.45, 2.75) is 44.6 Å². The van der Waals surface area contributed by atoms with Gasteiger partial charge in [0.2, 0.25) is 5.91 Å². The van der Waals surface area contributed by atoms with Crippen LogP contribution in [0.4, 0.5) is 11.6 Å². The molecule has 1 aliphatic heterocycles. The summed E-state index contributed by atoms with van der Waals surface area (Å²) in [4.78, 5) is 32.5. The van der Waals surface area contributed by atoms with E-state index >= 15 is 0 Å². The number of rotatable bonds is 12. The number of benzene rings is 2. The van der Waals surface area contributed by atoms with E-state index in [0.717, 1.165) is 74.9 Å². The fourth-order valence-corrected chi connectivity index (χ4v) is 5.81. The number of nitrogens with two attached hydrogens (primary N) is 3. The fraction of sp³-hybridized carbons (Fsp3) is 0.400. The second-order valence-electron chi connectivity index (χ2n) is 10.8. The summed E-state index contributed by atoms with van der Waals surface area (Å²) in [7, 11) is 1.67. The molecule has 1 saturated heterocycles. The molecule has 2 unspecified atom stereocenters. The maximum atomic E-state index is 13.1. The highest BCUT2D eigenvalue weighted by atomic mass is 35.5. The largest absolute Gasteiger partial charge is 1.00 e. The lowest BCUT2D eigenvalue weighted by molar-refractivity contribution is -0.933. The molecule has 0 radical (unpaired) electrons. The van der Waals surface area contributed by atoms with Crippen LogP contribution in [0.3, 0.4) is 0 Å². The Hall–Kier alpha value is -3.60. The standard InChI is InChI=1S/C30H38ClN7O3.ClH/c1-41-24-14-10-21(11-15-24)6-3-17-38(16-2-5-20-8-12-22(13-9-20)29(34)39)18-4-7-23(19-38)35-30(40)25-27(32)37-28(33)26(31)36-25;/h8-15,23H,2-7,16-19H2,1H3,(H6-,32,33,34,35,37,39,40);1H. The molecule has 12 heteroatoms. The third-order valence-electron chi connectivity index (χ3n) is 7.84. The summed E-state index contributed by atoms with van der Waals surface area (Å²) in [6, 6.07) is 15.7. The van der Waals surface area contributed by atoms with Crippen LogP contribution in [-0.2, 0) is 12.8 Å². The minimum atomic E-state index is -0.423. The van der Waals surface area contributed by atoms with Gasteiger partial charge in [-0.2, -0.15) is 0 Å². The second-order valence-corrected chi connectivity index (χ2v) is 11.1. The lowest BCUT2D eigenvalue weighted by Gasteiger charge is -2.45. The van der Waals surface area contributed by atoms with Gasteiger partial charge in [-0.05, 0) is 61.1 Å². The number of quaternary nitrogens is 1. The number of primary amides is 1. The first kappa shape index (κ1) is 32.9. The van der Waals surface area contributed by atoms with Crippen LogP contribution in [0.25, 0.3) is 0 Å². The third-order valence-corrected chi connectivity index (χ3v) is 8.12. The fourth-order valence-electron chi connectivity index (χ4n) is 5.69. The van der Waals surface area contributed by atoms with E-state index < -0.39 is 11.8 Å². The summed E-state index contributed by atoms with van der Waals surface area (Å²) < 4.78 is 6.20. The SMILES string of the molecule is COc1ccc(CCC[N+]2(CCCc3ccc(C(N)=O)cc3)CCCC(NC(=O)c3nc(Cl)c(N)nc3N)C2)cc1.[Cl-]. The van der Waals surface area contributed by atoms with E-state index in [2.05, 4.69) is 27.4 Å². The summed E-state index contributed by atoms with van der Waals surface area (Å²) in [5, 5.41) is 3.09. The molecule has 42 heavy (non-hydrogen) atoms. The van der Waals surface area contributed by atoms with Crippen LogP contribution in [0.1, 0.15) is 57.7 Å². The number of aromatic nitrogens is 2. The van der Waals surface area contributed by atoms with E-state index in [-0.39, 0.29) is 40.9 Å². The summed E-state index contributed by atoms with van der Waals surface area (Å²) in [6.07, 6.45) is 5.72. The van der Waals surface area contributed by atoms with E-state index in [1.165, 1.54) is 11.1 Å². The Morgan fingerprint density at radius 2 is 1.57 bits per heavy atom. The van der Waals surface area contributed by atoms with Crippen molar-refractivity contribution in [1.82, 2.24) is 15.3 Å². The highest BCUT2D eigenvalue weighted by Gasteiger charge is 2.35. The molecule has 1 fully saturated rings. The lowest BCUT2D eigenvalue weighted by Crippen LogP contribution is -3.00. The van der Waals surface area contributed by atoms with Crippen molar-refractivity contribution in [3.63, 3.8) is 0 Å². The molecule has 0 spiro atoms. The van der Waals surface area contributed by atoms with Crippen molar-refractivity contribution in [3.8, 4) is 5.75 Å². The maximum Gasteiger partial charge on any atom is 0.274 e.